The minimum atomic E-state index is -0.157. The molecule has 4 rings (SSSR count). The summed E-state index contributed by atoms with van der Waals surface area (Å²) in [6.45, 7) is 6.82. The first-order valence-corrected chi connectivity index (χ1v) is 13.4. The Bertz CT molecular complexity index is 1240. The third-order valence-corrected chi connectivity index (χ3v) is 8.53. The van der Waals surface area contributed by atoms with Crippen LogP contribution >= 0.6 is 34.7 Å². The lowest BCUT2D eigenvalue weighted by atomic mass is 9.96. The second kappa shape index (κ2) is 10.8. The van der Waals surface area contributed by atoms with Crippen LogP contribution in [0.1, 0.15) is 52.7 Å². The van der Waals surface area contributed by atoms with Gasteiger partial charge in [-0.05, 0) is 75.3 Å². The van der Waals surface area contributed by atoms with E-state index >= 15 is 0 Å². The molecule has 0 fully saturated rings. The predicted molar refractivity (Wildman–Crippen MR) is 136 cm³/mol. The fraction of sp³-hybridized carbons (Fsp3) is 0.417. The molecule has 1 aliphatic carbocycles. The molecule has 2 aromatic heterocycles. The first kappa shape index (κ1) is 24.6. The monoisotopic (exact) mass is 515 g/mol. The smallest absolute Gasteiger partial charge is 0.235 e. The minimum absolute atomic E-state index is 0.157. The van der Waals surface area contributed by atoms with Crippen molar-refractivity contribution in [3.63, 3.8) is 0 Å². The molecule has 1 amide bonds. The highest BCUT2D eigenvalue weighted by Gasteiger charge is 2.22. The normalized spacial score (nSPS) is 12.8. The number of thioether (sulfide) groups is 1. The molecule has 0 atom stereocenters. The number of carbonyl (C=O) groups excluding carboxylic acids is 1. The summed E-state index contributed by atoms with van der Waals surface area (Å²) < 4.78 is 7.88. The molecule has 1 aromatic carbocycles. The zero-order chi connectivity index (χ0) is 24.2. The van der Waals surface area contributed by atoms with Gasteiger partial charge in [0, 0.05) is 16.4 Å². The standard InChI is InChI=1S/C24H26ClN5O2S2/c1-4-30-20(12-32-16-9-14(2)22(25)15(3)10-16)28-29-24(30)33-13-21(31)27-23-18(11-26)17-7-5-6-8-19(17)34-23/h9-10H,4-8,12-13H2,1-3H3,(H,27,31). The van der Waals surface area contributed by atoms with Gasteiger partial charge in [0.05, 0.1) is 11.3 Å². The van der Waals surface area contributed by atoms with E-state index in [2.05, 4.69) is 21.6 Å². The van der Waals surface area contributed by atoms with Crippen LogP contribution in [0.4, 0.5) is 5.00 Å². The third-order valence-electron chi connectivity index (χ3n) is 5.76. The molecule has 0 saturated heterocycles. The number of thiophene rings is 1. The van der Waals surface area contributed by atoms with E-state index < -0.39 is 0 Å². The number of nitriles is 1. The number of ether oxygens (including phenoxy) is 1. The van der Waals surface area contributed by atoms with E-state index in [0.29, 0.717) is 28.1 Å². The van der Waals surface area contributed by atoms with E-state index in [0.717, 1.165) is 53.1 Å². The van der Waals surface area contributed by atoms with Gasteiger partial charge in [0.2, 0.25) is 5.91 Å². The molecule has 1 N–H and O–H groups in total. The molecule has 34 heavy (non-hydrogen) atoms. The van der Waals surface area contributed by atoms with Crippen LogP contribution < -0.4 is 10.1 Å². The number of rotatable bonds is 8. The lowest BCUT2D eigenvalue weighted by molar-refractivity contribution is -0.113. The number of hydrogen-bond donors (Lipinski definition) is 1. The van der Waals surface area contributed by atoms with Crippen molar-refractivity contribution in [1.29, 1.82) is 5.26 Å². The van der Waals surface area contributed by atoms with Crippen LogP contribution in [0, 0.1) is 25.2 Å². The van der Waals surface area contributed by atoms with Crippen LogP contribution in [0.3, 0.4) is 0 Å². The summed E-state index contributed by atoms with van der Waals surface area (Å²) in [6.07, 6.45) is 4.13. The van der Waals surface area contributed by atoms with E-state index in [4.69, 9.17) is 16.3 Å². The van der Waals surface area contributed by atoms with Crippen molar-refractivity contribution >= 4 is 45.6 Å². The first-order valence-electron chi connectivity index (χ1n) is 11.2. The van der Waals surface area contributed by atoms with Crippen LogP contribution in [-0.2, 0) is 30.8 Å². The van der Waals surface area contributed by atoms with Crippen molar-refractivity contribution in [3.8, 4) is 11.8 Å². The van der Waals surface area contributed by atoms with Gasteiger partial charge < -0.3 is 14.6 Å². The van der Waals surface area contributed by atoms with Gasteiger partial charge in [0.25, 0.3) is 0 Å². The highest BCUT2D eigenvalue weighted by Crippen LogP contribution is 2.37. The minimum Gasteiger partial charge on any atom is -0.486 e. The first-order chi connectivity index (χ1) is 16.4. The van der Waals surface area contributed by atoms with E-state index in [9.17, 15) is 10.1 Å². The number of carbonyl (C=O) groups is 1. The second-order valence-corrected chi connectivity index (χ2v) is 10.6. The van der Waals surface area contributed by atoms with Crippen LogP contribution in [0.5, 0.6) is 5.75 Å². The molecular weight excluding hydrogens is 490 g/mol. The Morgan fingerprint density at radius 3 is 2.74 bits per heavy atom. The number of nitrogens with zero attached hydrogens (tertiary/aromatic N) is 4. The highest BCUT2D eigenvalue weighted by atomic mass is 35.5. The van der Waals surface area contributed by atoms with Crippen LogP contribution in [0.15, 0.2) is 17.3 Å². The number of halogens is 1. The fourth-order valence-corrected chi connectivity index (χ4v) is 6.24. The largest absolute Gasteiger partial charge is 0.486 e. The summed E-state index contributed by atoms with van der Waals surface area (Å²) in [5, 5.41) is 23.1. The molecule has 0 bridgehead atoms. The Morgan fingerprint density at radius 1 is 1.29 bits per heavy atom. The number of fused-ring (bicyclic) bond motifs is 1. The van der Waals surface area contributed by atoms with Crippen molar-refractivity contribution in [2.24, 2.45) is 0 Å². The Morgan fingerprint density at radius 2 is 2.03 bits per heavy atom. The van der Waals surface area contributed by atoms with Crippen molar-refractivity contribution in [1.82, 2.24) is 14.8 Å². The lowest BCUT2D eigenvalue weighted by Crippen LogP contribution is -2.15. The SMILES string of the molecule is CCn1c(COc2cc(C)c(Cl)c(C)c2)nnc1SCC(=O)Nc1sc2c(c1C#N)CCCC2. The van der Waals surface area contributed by atoms with Gasteiger partial charge in [-0.15, -0.1) is 21.5 Å². The molecule has 3 aromatic rings. The number of nitrogens with one attached hydrogen (secondary N) is 1. The highest BCUT2D eigenvalue weighted by molar-refractivity contribution is 7.99. The maximum atomic E-state index is 12.6. The van der Waals surface area contributed by atoms with Crippen LogP contribution in [-0.4, -0.2) is 26.4 Å². The van der Waals surface area contributed by atoms with Crippen molar-refractivity contribution in [2.75, 3.05) is 11.1 Å². The molecule has 0 radical (unpaired) electrons. The van der Waals surface area contributed by atoms with E-state index in [1.165, 1.54) is 28.0 Å². The third kappa shape index (κ3) is 5.24. The molecule has 0 spiro atoms. The van der Waals surface area contributed by atoms with Crippen molar-refractivity contribution in [3.05, 3.63) is 50.1 Å². The molecule has 1 aliphatic rings. The summed E-state index contributed by atoms with van der Waals surface area (Å²) >= 11 is 9.10. The summed E-state index contributed by atoms with van der Waals surface area (Å²) in [6, 6.07) is 6.09. The van der Waals surface area contributed by atoms with Gasteiger partial charge >= 0.3 is 0 Å². The maximum Gasteiger partial charge on any atom is 0.235 e. The Balaban J connectivity index is 1.38. The van der Waals surface area contributed by atoms with Crippen molar-refractivity contribution < 1.29 is 9.53 Å². The van der Waals surface area contributed by atoms with Gasteiger partial charge in [-0.25, -0.2) is 0 Å². The van der Waals surface area contributed by atoms with E-state index in [1.807, 2.05) is 37.5 Å². The number of aromatic nitrogens is 3. The van der Waals surface area contributed by atoms with Gasteiger partial charge in [-0.1, -0.05) is 23.4 Å². The Kier molecular flexibility index (Phi) is 7.81. The average molecular weight is 516 g/mol. The summed E-state index contributed by atoms with van der Waals surface area (Å²) in [5.74, 6) is 1.44. The van der Waals surface area contributed by atoms with Crippen LogP contribution in [0.25, 0.3) is 0 Å². The molecule has 0 unspecified atom stereocenters. The number of amides is 1. The topological polar surface area (TPSA) is 92.8 Å². The summed E-state index contributed by atoms with van der Waals surface area (Å²) in [4.78, 5) is 13.9. The van der Waals surface area contributed by atoms with Crippen molar-refractivity contribution in [2.45, 2.75) is 64.8 Å². The van der Waals surface area contributed by atoms with Gasteiger partial charge in [-0.3, -0.25) is 4.79 Å². The number of hydrogen-bond acceptors (Lipinski definition) is 7. The Labute approximate surface area is 212 Å². The molecule has 2 heterocycles. The molecule has 10 heteroatoms. The molecule has 0 saturated carbocycles. The molecule has 178 valence electrons. The van der Waals surface area contributed by atoms with Crippen LogP contribution in [0.2, 0.25) is 5.02 Å². The predicted octanol–water partition coefficient (Wildman–Crippen LogP) is 5.69. The summed E-state index contributed by atoms with van der Waals surface area (Å²) in [7, 11) is 0. The van der Waals surface area contributed by atoms with Gasteiger partial charge in [0.1, 0.15) is 23.4 Å². The van der Waals surface area contributed by atoms with Gasteiger partial charge in [-0.2, -0.15) is 5.26 Å². The number of anilines is 1. The van der Waals surface area contributed by atoms with E-state index in [1.54, 1.807) is 0 Å². The van der Waals surface area contributed by atoms with E-state index in [-0.39, 0.29) is 18.3 Å². The fourth-order valence-electron chi connectivity index (χ4n) is 4.05. The second-order valence-electron chi connectivity index (χ2n) is 8.17. The molecule has 7 nitrogen and oxygen atoms in total. The molecular formula is C24H26ClN5O2S2. The maximum absolute atomic E-state index is 12.6. The summed E-state index contributed by atoms with van der Waals surface area (Å²) in [5.41, 5.74) is 3.66. The number of benzene rings is 1. The molecule has 0 aliphatic heterocycles. The lowest BCUT2D eigenvalue weighted by Gasteiger charge is -2.11. The van der Waals surface area contributed by atoms with Gasteiger partial charge in [0.15, 0.2) is 11.0 Å². The quantitative estimate of drug-likeness (QED) is 0.387. The zero-order valence-electron chi connectivity index (χ0n) is 19.4. The number of aryl methyl sites for hydroxylation is 3. The Hall–Kier alpha value is -2.54. The zero-order valence-corrected chi connectivity index (χ0v) is 21.8. The average Bonchev–Trinajstić information content (AvgIpc) is 3.39.